The summed E-state index contributed by atoms with van der Waals surface area (Å²) in [6.07, 6.45) is 12.1. The molecule has 0 bridgehead atoms. The van der Waals surface area contributed by atoms with E-state index in [1.807, 2.05) is 0 Å². The lowest BCUT2D eigenvalue weighted by Crippen LogP contribution is -2.26. The van der Waals surface area contributed by atoms with Gasteiger partial charge < -0.3 is 5.11 Å². The van der Waals surface area contributed by atoms with E-state index < -0.39 is 6.10 Å². The van der Waals surface area contributed by atoms with Gasteiger partial charge in [0.05, 0.1) is 11.7 Å². The summed E-state index contributed by atoms with van der Waals surface area (Å²) in [6.45, 7) is 3.69. The zero-order valence-corrected chi connectivity index (χ0v) is 14.3. The van der Waals surface area contributed by atoms with Crippen molar-refractivity contribution in [3.63, 3.8) is 0 Å². The van der Waals surface area contributed by atoms with Gasteiger partial charge in [0.15, 0.2) is 11.6 Å². The largest absolute Gasteiger partial charge is 0.392 e. The highest BCUT2D eigenvalue weighted by Crippen LogP contribution is 2.27. The second-order valence-corrected chi connectivity index (χ2v) is 6.60. The number of aliphatic hydroxyl groups excluding tert-OH is 1. The molecule has 3 nitrogen and oxygen atoms in total. The SMILES string of the molecule is CCCCCCCCCCCC1=C(C(C)=O)C(=O)C[C@@H](O)C1. The third-order valence-corrected chi connectivity index (χ3v) is 4.47. The van der Waals surface area contributed by atoms with Crippen LogP contribution in [0.2, 0.25) is 0 Å². The summed E-state index contributed by atoms with van der Waals surface area (Å²) < 4.78 is 0. The molecule has 0 aromatic heterocycles. The second-order valence-electron chi connectivity index (χ2n) is 6.60. The Morgan fingerprint density at radius 3 is 2.09 bits per heavy atom. The Balaban J connectivity index is 2.26. The highest BCUT2D eigenvalue weighted by atomic mass is 16.3. The molecule has 1 aliphatic rings. The van der Waals surface area contributed by atoms with Crippen LogP contribution in [0.25, 0.3) is 0 Å². The maximum absolute atomic E-state index is 11.9. The number of hydrogen-bond donors (Lipinski definition) is 1. The molecule has 0 saturated heterocycles. The molecule has 1 atom stereocenters. The molecule has 3 heteroatoms. The predicted octanol–water partition coefficient (Wildman–Crippen LogP) is 4.52. The standard InChI is InChI=1S/C19H32O3/c1-3-4-5-6-7-8-9-10-11-12-16-13-17(21)14-18(22)19(16)15(2)20/h17,21H,3-14H2,1-2H3/t17-/m0/s1. The molecule has 1 aliphatic carbocycles. The van der Waals surface area contributed by atoms with Crippen LogP contribution in [0.1, 0.15) is 90.9 Å². The molecule has 0 aromatic carbocycles. The van der Waals surface area contributed by atoms with E-state index in [1.165, 1.54) is 51.9 Å². The van der Waals surface area contributed by atoms with E-state index in [4.69, 9.17) is 0 Å². The molecule has 0 unspecified atom stereocenters. The number of ketones is 2. The summed E-state index contributed by atoms with van der Waals surface area (Å²) in [6, 6.07) is 0. The maximum atomic E-state index is 11.9. The summed E-state index contributed by atoms with van der Waals surface area (Å²) in [4.78, 5) is 23.5. The zero-order chi connectivity index (χ0) is 16.4. The highest BCUT2D eigenvalue weighted by molar-refractivity contribution is 6.20. The summed E-state index contributed by atoms with van der Waals surface area (Å²) >= 11 is 0. The van der Waals surface area contributed by atoms with Gasteiger partial charge in [-0.2, -0.15) is 0 Å². The first-order valence-electron chi connectivity index (χ1n) is 9.00. The number of Topliss-reactive ketones (excluding diaryl/α,β-unsaturated/α-hetero) is 2. The quantitative estimate of drug-likeness (QED) is 0.451. The molecule has 1 N–H and O–H groups in total. The molecular weight excluding hydrogens is 276 g/mol. The van der Waals surface area contributed by atoms with E-state index in [1.54, 1.807) is 0 Å². The first-order valence-corrected chi connectivity index (χ1v) is 9.00. The van der Waals surface area contributed by atoms with E-state index >= 15 is 0 Å². The lowest BCUT2D eigenvalue weighted by Gasteiger charge is -2.22. The van der Waals surface area contributed by atoms with Crippen LogP contribution in [-0.4, -0.2) is 22.8 Å². The molecule has 0 amide bonds. The monoisotopic (exact) mass is 308 g/mol. The average molecular weight is 308 g/mol. The Kier molecular flexibility index (Phi) is 9.30. The van der Waals surface area contributed by atoms with Crippen LogP contribution in [0.15, 0.2) is 11.1 Å². The van der Waals surface area contributed by atoms with Crippen molar-refractivity contribution in [1.82, 2.24) is 0 Å². The van der Waals surface area contributed by atoms with E-state index in [9.17, 15) is 14.7 Å². The normalized spacial score (nSPS) is 18.9. The number of rotatable bonds is 11. The van der Waals surface area contributed by atoms with E-state index in [0.717, 1.165) is 24.8 Å². The van der Waals surface area contributed by atoms with Crippen molar-refractivity contribution < 1.29 is 14.7 Å². The molecule has 0 fully saturated rings. The maximum Gasteiger partial charge on any atom is 0.168 e. The molecule has 0 saturated carbocycles. The minimum Gasteiger partial charge on any atom is -0.392 e. The van der Waals surface area contributed by atoms with Crippen LogP contribution in [-0.2, 0) is 9.59 Å². The van der Waals surface area contributed by atoms with Crippen LogP contribution in [0.5, 0.6) is 0 Å². The molecule has 1 rings (SSSR count). The Hall–Kier alpha value is -0.960. The van der Waals surface area contributed by atoms with Crippen molar-refractivity contribution in [3.05, 3.63) is 11.1 Å². The zero-order valence-electron chi connectivity index (χ0n) is 14.3. The lowest BCUT2D eigenvalue weighted by molar-refractivity contribution is -0.122. The first kappa shape index (κ1) is 19.1. The van der Waals surface area contributed by atoms with Crippen LogP contribution >= 0.6 is 0 Å². The van der Waals surface area contributed by atoms with Gasteiger partial charge >= 0.3 is 0 Å². The van der Waals surface area contributed by atoms with Gasteiger partial charge in [0.25, 0.3) is 0 Å². The topological polar surface area (TPSA) is 54.4 Å². The van der Waals surface area contributed by atoms with Crippen molar-refractivity contribution in [3.8, 4) is 0 Å². The number of unbranched alkanes of at least 4 members (excludes halogenated alkanes) is 8. The fourth-order valence-corrected chi connectivity index (χ4v) is 3.29. The van der Waals surface area contributed by atoms with E-state index in [0.29, 0.717) is 12.0 Å². The van der Waals surface area contributed by atoms with E-state index in [2.05, 4.69) is 6.92 Å². The lowest BCUT2D eigenvalue weighted by atomic mass is 9.84. The Morgan fingerprint density at radius 2 is 1.55 bits per heavy atom. The molecule has 22 heavy (non-hydrogen) atoms. The van der Waals surface area contributed by atoms with Crippen LogP contribution < -0.4 is 0 Å². The van der Waals surface area contributed by atoms with Crippen molar-refractivity contribution in [2.75, 3.05) is 0 Å². The number of allylic oxidation sites excluding steroid dienone is 1. The highest BCUT2D eigenvalue weighted by Gasteiger charge is 2.28. The minimum atomic E-state index is -0.593. The summed E-state index contributed by atoms with van der Waals surface area (Å²) in [5, 5.41) is 9.73. The molecular formula is C19H32O3. The summed E-state index contributed by atoms with van der Waals surface area (Å²) in [5.74, 6) is -0.306. The first-order chi connectivity index (χ1) is 10.6. The summed E-state index contributed by atoms with van der Waals surface area (Å²) in [7, 11) is 0. The number of aliphatic hydroxyl groups is 1. The molecule has 0 radical (unpaired) electrons. The average Bonchev–Trinajstić information content (AvgIpc) is 2.44. The van der Waals surface area contributed by atoms with Gasteiger partial charge in [-0.1, -0.05) is 63.9 Å². The van der Waals surface area contributed by atoms with Crippen molar-refractivity contribution in [2.45, 2.75) is 97.0 Å². The third-order valence-electron chi connectivity index (χ3n) is 4.47. The second kappa shape index (κ2) is 10.7. The van der Waals surface area contributed by atoms with Crippen molar-refractivity contribution in [1.29, 1.82) is 0 Å². The molecule has 0 spiro atoms. The van der Waals surface area contributed by atoms with Gasteiger partial charge in [0, 0.05) is 6.42 Å². The smallest absolute Gasteiger partial charge is 0.168 e. The van der Waals surface area contributed by atoms with Crippen LogP contribution in [0.4, 0.5) is 0 Å². The van der Waals surface area contributed by atoms with Gasteiger partial charge in [-0.25, -0.2) is 0 Å². The fraction of sp³-hybridized carbons (Fsp3) is 0.789. The van der Waals surface area contributed by atoms with Crippen LogP contribution in [0, 0.1) is 0 Å². The molecule has 0 aromatic rings. The van der Waals surface area contributed by atoms with Gasteiger partial charge in [-0.05, 0) is 26.2 Å². The predicted molar refractivity (Wildman–Crippen MR) is 89.8 cm³/mol. The van der Waals surface area contributed by atoms with Gasteiger partial charge in [0.2, 0.25) is 0 Å². The van der Waals surface area contributed by atoms with Crippen LogP contribution in [0.3, 0.4) is 0 Å². The third kappa shape index (κ3) is 6.87. The Morgan fingerprint density at radius 1 is 1.00 bits per heavy atom. The van der Waals surface area contributed by atoms with Crippen molar-refractivity contribution in [2.24, 2.45) is 0 Å². The number of carbonyl (C=O) groups is 2. The Labute approximate surface area is 135 Å². The number of carbonyl (C=O) groups excluding carboxylic acids is 2. The molecule has 0 heterocycles. The van der Waals surface area contributed by atoms with Gasteiger partial charge in [-0.15, -0.1) is 0 Å². The fourth-order valence-electron chi connectivity index (χ4n) is 3.29. The van der Waals surface area contributed by atoms with Gasteiger partial charge in [0.1, 0.15) is 0 Å². The number of hydrogen-bond acceptors (Lipinski definition) is 3. The molecule has 126 valence electrons. The van der Waals surface area contributed by atoms with E-state index in [-0.39, 0.29) is 18.0 Å². The molecule has 0 aliphatic heterocycles. The van der Waals surface area contributed by atoms with Crippen molar-refractivity contribution >= 4 is 11.6 Å². The summed E-state index contributed by atoms with van der Waals surface area (Å²) in [5.41, 5.74) is 1.27. The minimum absolute atomic E-state index is 0.107. The van der Waals surface area contributed by atoms with Gasteiger partial charge in [-0.3, -0.25) is 9.59 Å². The Bertz CT molecular complexity index is 395.